The number of anilines is 2. The molecule has 0 fully saturated rings. The standard InChI is InChI=1S/C15H15ClN2O2/c1-20-14-9-5-4-8-13(14)17-10-15(19)18-12-7-3-2-6-11(12)16/h2-9,17H,10H2,1H3,(H,18,19). The van der Waals surface area contributed by atoms with Crippen LogP contribution in [0.2, 0.25) is 5.02 Å². The van der Waals surface area contributed by atoms with Gasteiger partial charge in [0.15, 0.2) is 0 Å². The minimum Gasteiger partial charge on any atom is -0.495 e. The summed E-state index contributed by atoms with van der Waals surface area (Å²) in [5.41, 5.74) is 1.37. The molecule has 2 aromatic carbocycles. The fourth-order valence-corrected chi connectivity index (χ4v) is 1.91. The molecule has 0 radical (unpaired) electrons. The number of methoxy groups -OCH3 is 1. The molecule has 5 heteroatoms. The number of hydrogen-bond acceptors (Lipinski definition) is 3. The van der Waals surface area contributed by atoms with Gasteiger partial charge < -0.3 is 15.4 Å². The van der Waals surface area contributed by atoms with E-state index < -0.39 is 0 Å². The largest absolute Gasteiger partial charge is 0.495 e. The highest BCUT2D eigenvalue weighted by atomic mass is 35.5. The number of nitrogens with one attached hydrogen (secondary N) is 2. The van der Waals surface area contributed by atoms with Gasteiger partial charge in [-0.15, -0.1) is 0 Å². The van der Waals surface area contributed by atoms with Gasteiger partial charge in [0, 0.05) is 0 Å². The van der Waals surface area contributed by atoms with E-state index in [9.17, 15) is 4.79 Å². The number of amides is 1. The normalized spacial score (nSPS) is 9.90. The molecular formula is C15H15ClN2O2. The van der Waals surface area contributed by atoms with Crippen LogP contribution in [0.25, 0.3) is 0 Å². The van der Waals surface area contributed by atoms with E-state index in [1.54, 1.807) is 19.2 Å². The van der Waals surface area contributed by atoms with E-state index in [1.165, 1.54) is 0 Å². The van der Waals surface area contributed by atoms with E-state index in [2.05, 4.69) is 10.6 Å². The number of carbonyl (C=O) groups excluding carboxylic acids is 1. The molecule has 2 aromatic rings. The summed E-state index contributed by atoms with van der Waals surface area (Å²) < 4.78 is 5.20. The highest BCUT2D eigenvalue weighted by Crippen LogP contribution is 2.23. The summed E-state index contributed by atoms with van der Waals surface area (Å²) in [6, 6.07) is 14.5. The molecule has 0 aromatic heterocycles. The third-order valence-electron chi connectivity index (χ3n) is 2.69. The smallest absolute Gasteiger partial charge is 0.243 e. The molecule has 0 spiro atoms. The van der Waals surface area contributed by atoms with Crippen LogP contribution >= 0.6 is 11.6 Å². The molecule has 4 nitrogen and oxygen atoms in total. The van der Waals surface area contributed by atoms with Crippen LogP contribution in [0.3, 0.4) is 0 Å². The van der Waals surface area contributed by atoms with Crippen molar-refractivity contribution in [3.63, 3.8) is 0 Å². The van der Waals surface area contributed by atoms with Crippen LogP contribution < -0.4 is 15.4 Å². The van der Waals surface area contributed by atoms with Crippen molar-refractivity contribution < 1.29 is 9.53 Å². The van der Waals surface area contributed by atoms with Crippen molar-refractivity contribution in [2.45, 2.75) is 0 Å². The molecule has 20 heavy (non-hydrogen) atoms. The lowest BCUT2D eigenvalue weighted by molar-refractivity contribution is -0.114. The highest BCUT2D eigenvalue weighted by molar-refractivity contribution is 6.33. The average molecular weight is 291 g/mol. The van der Waals surface area contributed by atoms with Crippen molar-refractivity contribution in [3.8, 4) is 5.75 Å². The summed E-state index contributed by atoms with van der Waals surface area (Å²) >= 11 is 5.98. The molecule has 1 amide bonds. The first kappa shape index (κ1) is 14.2. The fourth-order valence-electron chi connectivity index (χ4n) is 1.72. The molecule has 0 aliphatic carbocycles. The molecule has 0 bridgehead atoms. The Bertz CT molecular complexity index is 602. The Labute approximate surface area is 122 Å². The minimum atomic E-state index is -0.177. The van der Waals surface area contributed by atoms with Crippen molar-refractivity contribution in [2.75, 3.05) is 24.3 Å². The SMILES string of the molecule is COc1ccccc1NCC(=O)Nc1ccccc1Cl. The van der Waals surface area contributed by atoms with Crippen molar-refractivity contribution in [1.82, 2.24) is 0 Å². The lowest BCUT2D eigenvalue weighted by atomic mass is 10.3. The zero-order chi connectivity index (χ0) is 14.4. The molecule has 0 aliphatic rings. The first-order chi connectivity index (χ1) is 9.70. The molecule has 0 saturated heterocycles. The van der Waals surface area contributed by atoms with Gasteiger partial charge in [-0.1, -0.05) is 35.9 Å². The number of para-hydroxylation sites is 3. The predicted octanol–water partition coefficient (Wildman–Crippen LogP) is 3.40. The highest BCUT2D eigenvalue weighted by Gasteiger charge is 2.06. The Hall–Kier alpha value is -2.20. The maximum atomic E-state index is 11.9. The summed E-state index contributed by atoms with van der Waals surface area (Å²) in [4.78, 5) is 11.9. The van der Waals surface area contributed by atoms with E-state index in [0.717, 1.165) is 5.69 Å². The van der Waals surface area contributed by atoms with Crippen LogP contribution in [0.15, 0.2) is 48.5 Å². The summed E-state index contributed by atoms with van der Waals surface area (Å²) in [7, 11) is 1.59. The number of carbonyl (C=O) groups is 1. The first-order valence-electron chi connectivity index (χ1n) is 6.12. The van der Waals surface area contributed by atoms with Gasteiger partial charge in [0.25, 0.3) is 0 Å². The molecule has 0 saturated carbocycles. The van der Waals surface area contributed by atoms with Crippen LogP contribution in [0.5, 0.6) is 5.75 Å². The molecule has 0 atom stereocenters. The van der Waals surface area contributed by atoms with Gasteiger partial charge in [0.05, 0.1) is 30.1 Å². The van der Waals surface area contributed by atoms with Crippen molar-refractivity contribution >= 4 is 28.9 Å². The van der Waals surface area contributed by atoms with Gasteiger partial charge >= 0.3 is 0 Å². The monoisotopic (exact) mass is 290 g/mol. The maximum Gasteiger partial charge on any atom is 0.243 e. The van der Waals surface area contributed by atoms with E-state index in [0.29, 0.717) is 16.5 Å². The van der Waals surface area contributed by atoms with Gasteiger partial charge in [0.1, 0.15) is 5.75 Å². The maximum absolute atomic E-state index is 11.9. The molecule has 2 rings (SSSR count). The van der Waals surface area contributed by atoms with Crippen LogP contribution in [-0.2, 0) is 4.79 Å². The molecular weight excluding hydrogens is 276 g/mol. The lowest BCUT2D eigenvalue weighted by Gasteiger charge is -2.11. The second kappa shape index (κ2) is 6.82. The third kappa shape index (κ3) is 3.65. The number of halogens is 1. The quantitative estimate of drug-likeness (QED) is 0.887. The molecule has 104 valence electrons. The van der Waals surface area contributed by atoms with E-state index in [4.69, 9.17) is 16.3 Å². The number of rotatable bonds is 5. The van der Waals surface area contributed by atoms with E-state index in [1.807, 2.05) is 36.4 Å². The molecule has 0 unspecified atom stereocenters. The summed E-state index contributed by atoms with van der Waals surface area (Å²) in [6.07, 6.45) is 0. The number of hydrogen-bond donors (Lipinski definition) is 2. The Balaban J connectivity index is 1.94. The summed E-state index contributed by atoms with van der Waals surface area (Å²) in [5, 5.41) is 6.28. The summed E-state index contributed by atoms with van der Waals surface area (Å²) in [5.74, 6) is 0.516. The first-order valence-corrected chi connectivity index (χ1v) is 6.50. The van der Waals surface area contributed by atoms with Crippen molar-refractivity contribution in [2.24, 2.45) is 0 Å². The van der Waals surface area contributed by atoms with Crippen LogP contribution in [-0.4, -0.2) is 19.6 Å². The van der Waals surface area contributed by atoms with Crippen molar-refractivity contribution in [3.05, 3.63) is 53.6 Å². The Morgan fingerprint density at radius 1 is 1.10 bits per heavy atom. The van der Waals surface area contributed by atoms with Gasteiger partial charge in [0.2, 0.25) is 5.91 Å². The minimum absolute atomic E-state index is 0.131. The van der Waals surface area contributed by atoms with Crippen LogP contribution in [0.4, 0.5) is 11.4 Å². The zero-order valence-electron chi connectivity index (χ0n) is 11.0. The fraction of sp³-hybridized carbons (Fsp3) is 0.133. The third-order valence-corrected chi connectivity index (χ3v) is 3.02. The van der Waals surface area contributed by atoms with Crippen molar-refractivity contribution in [1.29, 1.82) is 0 Å². The van der Waals surface area contributed by atoms with Crippen LogP contribution in [0.1, 0.15) is 0 Å². The van der Waals surface area contributed by atoms with Gasteiger partial charge in [-0.05, 0) is 24.3 Å². The van der Waals surface area contributed by atoms with E-state index in [-0.39, 0.29) is 12.5 Å². The summed E-state index contributed by atoms with van der Waals surface area (Å²) in [6.45, 7) is 0.131. The zero-order valence-corrected chi connectivity index (χ0v) is 11.8. The van der Waals surface area contributed by atoms with Crippen LogP contribution in [0, 0.1) is 0 Å². The Kier molecular flexibility index (Phi) is 4.85. The van der Waals surface area contributed by atoms with Gasteiger partial charge in [-0.3, -0.25) is 4.79 Å². The average Bonchev–Trinajstić information content (AvgIpc) is 2.48. The Morgan fingerprint density at radius 2 is 1.75 bits per heavy atom. The number of ether oxygens (including phenoxy) is 1. The topological polar surface area (TPSA) is 50.4 Å². The second-order valence-corrected chi connectivity index (χ2v) is 4.49. The number of benzene rings is 2. The molecule has 0 heterocycles. The lowest BCUT2D eigenvalue weighted by Crippen LogP contribution is -2.22. The van der Waals surface area contributed by atoms with E-state index >= 15 is 0 Å². The predicted molar refractivity (Wildman–Crippen MR) is 81.6 cm³/mol. The van der Waals surface area contributed by atoms with Gasteiger partial charge in [-0.2, -0.15) is 0 Å². The Morgan fingerprint density at radius 3 is 2.45 bits per heavy atom. The molecule has 0 aliphatic heterocycles. The molecule has 2 N–H and O–H groups in total. The second-order valence-electron chi connectivity index (χ2n) is 4.08. The van der Waals surface area contributed by atoms with Gasteiger partial charge in [-0.25, -0.2) is 0 Å².